The van der Waals surface area contributed by atoms with Crippen LogP contribution in [0.25, 0.3) is 6.08 Å². The van der Waals surface area contributed by atoms with E-state index in [0.717, 1.165) is 28.1 Å². The van der Waals surface area contributed by atoms with E-state index in [1.807, 2.05) is 49.4 Å². The lowest BCUT2D eigenvalue weighted by Gasteiger charge is -2.08. The Morgan fingerprint density at radius 3 is 2.65 bits per heavy atom. The number of para-hydroxylation sites is 1. The number of benzene rings is 2. The van der Waals surface area contributed by atoms with Crippen molar-refractivity contribution in [2.45, 2.75) is 13.5 Å². The monoisotopic (exact) mass is 311 g/mol. The van der Waals surface area contributed by atoms with Gasteiger partial charge in [0.15, 0.2) is 0 Å². The summed E-state index contributed by atoms with van der Waals surface area (Å²) in [6.07, 6.45) is 3.27. The number of carbonyl (C=O) groups is 1. The van der Waals surface area contributed by atoms with Gasteiger partial charge in [-0.2, -0.15) is 0 Å². The normalized spacial score (nSPS) is 10.7. The highest BCUT2D eigenvalue weighted by Gasteiger charge is 2.04. The zero-order valence-electron chi connectivity index (χ0n) is 13.6. The third kappa shape index (κ3) is 4.69. The van der Waals surface area contributed by atoms with Crippen molar-refractivity contribution in [3.8, 4) is 5.75 Å². The quantitative estimate of drug-likeness (QED) is 0.825. The summed E-state index contributed by atoms with van der Waals surface area (Å²) in [6.45, 7) is 2.44. The molecular formula is C19H21NO3. The first-order valence-electron chi connectivity index (χ1n) is 7.34. The van der Waals surface area contributed by atoms with Crippen LogP contribution < -0.4 is 10.1 Å². The molecule has 1 N–H and O–H groups in total. The maximum Gasteiger partial charge on any atom is 0.248 e. The molecule has 4 heteroatoms. The molecule has 1 amide bonds. The molecule has 4 nitrogen and oxygen atoms in total. The summed E-state index contributed by atoms with van der Waals surface area (Å²) in [6, 6.07) is 13.4. The van der Waals surface area contributed by atoms with Gasteiger partial charge in [-0.3, -0.25) is 4.79 Å². The van der Waals surface area contributed by atoms with Crippen LogP contribution in [-0.4, -0.2) is 20.1 Å². The Morgan fingerprint density at radius 1 is 1.17 bits per heavy atom. The second-order valence-corrected chi connectivity index (χ2v) is 5.14. The summed E-state index contributed by atoms with van der Waals surface area (Å²) >= 11 is 0. The number of methoxy groups -OCH3 is 2. The highest BCUT2D eigenvalue weighted by atomic mass is 16.5. The molecule has 0 saturated heterocycles. The zero-order chi connectivity index (χ0) is 16.7. The van der Waals surface area contributed by atoms with Gasteiger partial charge in [-0.1, -0.05) is 30.3 Å². The van der Waals surface area contributed by atoms with Gasteiger partial charge in [0, 0.05) is 24.4 Å². The summed E-state index contributed by atoms with van der Waals surface area (Å²) in [5.74, 6) is 0.576. The molecule has 0 aliphatic rings. The Balaban J connectivity index is 2.07. The Morgan fingerprint density at radius 2 is 1.96 bits per heavy atom. The van der Waals surface area contributed by atoms with Crippen molar-refractivity contribution >= 4 is 17.7 Å². The van der Waals surface area contributed by atoms with Crippen molar-refractivity contribution in [3.05, 3.63) is 65.2 Å². The van der Waals surface area contributed by atoms with Gasteiger partial charge in [0.2, 0.25) is 5.91 Å². The van der Waals surface area contributed by atoms with E-state index in [2.05, 4.69) is 5.32 Å². The summed E-state index contributed by atoms with van der Waals surface area (Å²) in [4.78, 5) is 12.0. The molecule has 0 spiro atoms. The van der Waals surface area contributed by atoms with Crippen molar-refractivity contribution in [1.82, 2.24) is 0 Å². The predicted octanol–water partition coefficient (Wildman–Crippen LogP) is 3.80. The number of hydrogen-bond donors (Lipinski definition) is 1. The lowest BCUT2D eigenvalue weighted by atomic mass is 10.1. The Labute approximate surface area is 136 Å². The minimum absolute atomic E-state index is 0.167. The number of amides is 1. The minimum Gasteiger partial charge on any atom is -0.496 e. The number of anilines is 1. The fraction of sp³-hybridized carbons (Fsp3) is 0.211. The van der Waals surface area contributed by atoms with Gasteiger partial charge in [-0.25, -0.2) is 0 Å². The molecule has 0 bridgehead atoms. The first kappa shape index (κ1) is 16.8. The fourth-order valence-electron chi connectivity index (χ4n) is 2.20. The first-order chi connectivity index (χ1) is 11.1. The third-order valence-corrected chi connectivity index (χ3v) is 3.44. The average Bonchev–Trinajstić information content (AvgIpc) is 2.56. The molecule has 0 fully saturated rings. The van der Waals surface area contributed by atoms with Crippen molar-refractivity contribution in [2.24, 2.45) is 0 Å². The molecule has 0 atom stereocenters. The van der Waals surface area contributed by atoms with Crippen LogP contribution in [-0.2, 0) is 16.1 Å². The topological polar surface area (TPSA) is 47.6 Å². The van der Waals surface area contributed by atoms with Gasteiger partial charge in [0.05, 0.1) is 13.7 Å². The van der Waals surface area contributed by atoms with Crippen LogP contribution in [0.2, 0.25) is 0 Å². The van der Waals surface area contributed by atoms with Crippen LogP contribution >= 0.6 is 0 Å². The lowest BCUT2D eigenvalue weighted by molar-refractivity contribution is -0.111. The van der Waals surface area contributed by atoms with E-state index >= 15 is 0 Å². The predicted molar refractivity (Wildman–Crippen MR) is 92.5 cm³/mol. The van der Waals surface area contributed by atoms with E-state index in [1.54, 1.807) is 20.3 Å². The summed E-state index contributed by atoms with van der Waals surface area (Å²) < 4.78 is 10.5. The van der Waals surface area contributed by atoms with Gasteiger partial charge < -0.3 is 14.8 Å². The molecule has 0 radical (unpaired) electrons. The van der Waals surface area contributed by atoms with E-state index in [9.17, 15) is 4.79 Å². The highest BCUT2D eigenvalue weighted by Crippen LogP contribution is 2.21. The Bertz CT molecular complexity index is 708. The lowest BCUT2D eigenvalue weighted by Crippen LogP contribution is -2.08. The van der Waals surface area contributed by atoms with Crippen LogP contribution in [0.15, 0.2) is 48.5 Å². The summed E-state index contributed by atoms with van der Waals surface area (Å²) in [7, 11) is 3.26. The van der Waals surface area contributed by atoms with Gasteiger partial charge >= 0.3 is 0 Å². The van der Waals surface area contributed by atoms with Gasteiger partial charge in [-0.15, -0.1) is 0 Å². The Kier molecular flexibility index (Phi) is 5.94. The van der Waals surface area contributed by atoms with Crippen LogP contribution in [0.5, 0.6) is 5.75 Å². The van der Waals surface area contributed by atoms with Gasteiger partial charge in [-0.05, 0) is 36.3 Å². The van der Waals surface area contributed by atoms with Crippen LogP contribution in [0.4, 0.5) is 5.69 Å². The van der Waals surface area contributed by atoms with Gasteiger partial charge in [0.25, 0.3) is 0 Å². The van der Waals surface area contributed by atoms with Crippen LogP contribution in [0, 0.1) is 6.92 Å². The standard InChI is InChI=1S/C19H21NO3/c1-14-6-4-5-7-17(14)20-19(21)11-9-15-8-10-16(13-22-2)18(12-15)23-3/h4-12H,13H2,1-3H3,(H,20,21)/b11-9+. The number of aryl methyl sites for hydroxylation is 1. The second-order valence-electron chi connectivity index (χ2n) is 5.14. The van der Waals surface area contributed by atoms with Crippen molar-refractivity contribution in [2.75, 3.05) is 19.5 Å². The number of rotatable bonds is 6. The highest BCUT2D eigenvalue weighted by molar-refractivity contribution is 6.02. The van der Waals surface area contributed by atoms with E-state index in [1.165, 1.54) is 6.08 Å². The van der Waals surface area contributed by atoms with Crippen LogP contribution in [0.3, 0.4) is 0 Å². The number of carbonyl (C=O) groups excluding carboxylic acids is 1. The number of nitrogens with one attached hydrogen (secondary N) is 1. The molecule has 0 aromatic heterocycles. The van der Waals surface area contributed by atoms with Crippen LogP contribution in [0.1, 0.15) is 16.7 Å². The average molecular weight is 311 g/mol. The third-order valence-electron chi connectivity index (χ3n) is 3.44. The largest absolute Gasteiger partial charge is 0.496 e. The van der Waals surface area contributed by atoms with Crippen molar-refractivity contribution in [3.63, 3.8) is 0 Å². The molecule has 2 aromatic carbocycles. The van der Waals surface area contributed by atoms with Crippen molar-refractivity contribution in [1.29, 1.82) is 0 Å². The zero-order valence-corrected chi connectivity index (χ0v) is 13.6. The molecule has 23 heavy (non-hydrogen) atoms. The SMILES string of the molecule is COCc1ccc(/C=C/C(=O)Nc2ccccc2C)cc1OC. The molecule has 0 aliphatic carbocycles. The molecule has 0 unspecified atom stereocenters. The molecule has 0 aliphatic heterocycles. The molecular weight excluding hydrogens is 290 g/mol. The summed E-state index contributed by atoms with van der Waals surface area (Å²) in [5, 5.41) is 2.86. The number of hydrogen-bond acceptors (Lipinski definition) is 3. The van der Waals surface area contributed by atoms with E-state index in [-0.39, 0.29) is 5.91 Å². The number of ether oxygens (including phenoxy) is 2. The van der Waals surface area contributed by atoms with Gasteiger partial charge in [0.1, 0.15) is 5.75 Å². The maximum atomic E-state index is 12.0. The molecule has 120 valence electrons. The summed E-state index contributed by atoms with van der Waals surface area (Å²) in [5.41, 5.74) is 3.70. The molecule has 0 heterocycles. The van der Waals surface area contributed by atoms with E-state index < -0.39 is 0 Å². The van der Waals surface area contributed by atoms with E-state index in [0.29, 0.717) is 6.61 Å². The first-order valence-corrected chi connectivity index (χ1v) is 7.34. The Hall–Kier alpha value is -2.59. The molecule has 2 rings (SSSR count). The van der Waals surface area contributed by atoms with Crippen molar-refractivity contribution < 1.29 is 14.3 Å². The maximum absolute atomic E-state index is 12.0. The smallest absolute Gasteiger partial charge is 0.248 e. The van der Waals surface area contributed by atoms with E-state index in [4.69, 9.17) is 9.47 Å². The molecule has 2 aromatic rings. The fourth-order valence-corrected chi connectivity index (χ4v) is 2.20. The second kappa shape index (κ2) is 8.15. The molecule has 0 saturated carbocycles. The minimum atomic E-state index is -0.167.